The van der Waals surface area contributed by atoms with Crippen molar-refractivity contribution in [3.63, 3.8) is 0 Å². The minimum absolute atomic E-state index is 0.358. The summed E-state index contributed by atoms with van der Waals surface area (Å²) < 4.78 is 84.9. The number of halogens is 6. The van der Waals surface area contributed by atoms with Crippen LogP contribution in [0.25, 0.3) is 21.1 Å². The molecule has 2 N–H and O–H groups in total. The molecule has 3 aromatic carbocycles. The number of aliphatic hydroxyl groups excluding tert-OH is 2. The number of rotatable bonds is 14. The lowest BCUT2D eigenvalue weighted by atomic mass is 10.0. The zero-order valence-corrected chi connectivity index (χ0v) is 28.0. The van der Waals surface area contributed by atoms with Crippen molar-refractivity contribution in [1.29, 1.82) is 0 Å². The molecule has 260 valence electrons. The highest BCUT2D eigenvalue weighted by atomic mass is 32.1. The Labute approximate surface area is 287 Å². The maximum atomic E-state index is 13.2. The van der Waals surface area contributed by atoms with E-state index in [-0.39, 0.29) is 0 Å². The van der Waals surface area contributed by atoms with Gasteiger partial charge in [-0.15, -0.1) is 22.7 Å². The van der Waals surface area contributed by atoms with Gasteiger partial charge in [-0.05, 0) is 55.5 Å². The van der Waals surface area contributed by atoms with Gasteiger partial charge in [-0.25, -0.2) is 9.97 Å². The van der Waals surface area contributed by atoms with Crippen molar-refractivity contribution in [1.82, 2.24) is 9.97 Å². The molecule has 0 spiro atoms. The highest BCUT2D eigenvalue weighted by Gasteiger charge is 2.33. The zero-order chi connectivity index (χ0) is 35.2. The predicted octanol–water partition coefficient (Wildman–Crippen LogP) is 10.2. The Morgan fingerprint density at radius 3 is 1.53 bits per heavy atom. The van der Waals surface area contributed by atoms with E-state index in [0.717, 1.165) is 65.3 Å². The van der Waals surface area contributed by atoms with Gasteiger partial charge in [-0.3, -0.25) is 0 Å². The van der Waals surface area contributed by atoms with E-state index in [4.69, 9.17) is 4.74 Å². The second kappa shape index (κ2) is 15.9. The van der Waals surface area contributed by atoms with Crippen molar-refractivity contribution in [2.45, 2.75) is 70.2 Å². The highest BCUT2D eigenvalue weighted by Crippen LogP contribution is 2.43. The third-order valence-corrected chi connectivity index (χ3v) is 10.2. The van der Waals surface area contributed by atoms with Gasteiger partial charge in [0.1, 0.15) is 22.2 Å². The largest absolute Gasteiger partial charge is 0.416 e. The van der Waals surface area contributed by atoms with Gasteiger partial charge in [-0.1, -0.05) is 67.9 Å². The molecule has 2 heterocycles. The molecular formula is C36H34F6N2O3S2. The number of aliphatic hydroxyl groups is 2. The molecule has 13 heteroatoms. The van der Waals surface area contributed by atoms with Crippen LogP contribution in [0.4, 0.5) is 26.3 Å². The SMILES string of the molecule is CCCCc1nc(-c2ccc(C(F)(F)F)cc2)sc1C(O)C(O)c1sc(-c2ccc(C(F)(F)F)cc2)nc1CCCOCc1ccccc1. The molecule has 2 unspecified atom stereocenters. The Hall–Kier alpha value is -3.62. The van der Waals surface area contributed by atoms with Crippen molar-refractivity contribution in [2.75, 3.05) is 6.61 Å². The van der Waals surface area contributed by atoms with Crippen LogP contribution in [0.3, 0.4) is 0 Å². The first-order valence-electron chi connectivity index (χ1n) is 15.7. The summed E-state index contributed by atoms with van der Waals surface area (Å²) in [6.07, 6.45) is -8.94. The first-order valence-corrected chi connectivity index (χ1v) is 17.3. The van der Waals surface area contributed by atoms with Gasteiger partial charge in [0.05, 0.1) is 38.9 Å². The van der Waals surface area contributed by atoms with Gasteiger partial charge >= 0.3 is 12.4 Å². The number of aromatic nitrogens is 2. The number of alkyl halides is 6. The Morgan fingerprint density at radius 2 is 1.10 bits per heavy atom. The number of unbranched alkanes of at least 4 members (excludes halogenated alkanes) is 1. The minimum atomic E-state index is -4.50. The molecular weight excluding hydrogens is 687 g/mol. The molecule has 2 atom stereocenters. The van der Waals surface area contributed by atoms with Crippen LogP contribution in [0.2, 0.25) is 0 Å². The molecule has 0 aliphatic carbocycles. The number of aryl methyl sites for hydroxylation is 2. The molecule has 5 rings (SSSR count). The Bertz CT molecular complexity index is 1790. The molecule has 0 fully saturated rings. The van der Waals surface area contributed by atoms with E-state index in [9.17, 15) is 36.6 Å². The average molecular weight is 721 g/mol. The summed E-state index contributed by atoms with van der Waals surface area (Å²) in [5.41, 5.74) is 1.32. The number of hydrogen-bond donors (Lipinski definition) is 2. The van der Waals surface area contributed by atoms with Crippen molar-refractivity contribution in [2.24, 2.45) is 0 Å². The zero-order valence-electron chi connectivity index (χ0n) is 26.4. The van der Waals surface area contributed by atoms with Crippen LogP contribution in [0.15, 0.2) is 78.9 Å². The second-order valence-electron chi connectivity index (χ2n) is 11.4. The maximum Gasteiger partial charge on any atom is 0.416 e. The molecule has 0 bridgehead atoms. The summed E-state index contributed by atoms with van der Waals surface area (Å²) in [5.74, 6) is 0. The van der Waals surface area contributed by atoms with Crippen molar-refractivity contribution in [3.05, 3.63) is 117 Å². The lowest BCUT2D eigenvalue weighted by Gasteiger charge is -2.17. The van der Waals surface area contributed by atoms with Gasteiger partial charge in [0.15, 0.2) is 0 Å². The molecule has 5 aromatic rings. The second-order valence-corrected chi connectivity index (χ2v) is 13.5. The summed E-state index contributed by atoms with van der Waals surface area (Å²) >= 11 is 2.18. The van der Waals surface area contributed by atoms with Crippen LogP contribution in [0, 0.1) is 0 Å². The summed E-state index contributed by atoms with van der Waals surface area (Å²) in [6.45, 7) is 2.78. The van der Waals surface area contributed by atoms with Crippen molar-refractivity contribution >= 4 is 22.7 Å². The topological polar surface area (TPSA) is 75.5 Å². The number of ether oxygens (including phenoxy) is 1. The predicted molar refractivity (Wildman–Crippen MR) is 178 cm³/mol. The summed E-state index contributed by atoms with van der Waals surface area (Å²) in [4.78, 5) is 10.1. The molecule has 0 aliphatic heterocycles. The van der Waals surface area contributed by atoms with E-state index in [0.29, 0.717) is 74.8 Å². The van der Waals surface area contributed by atoms with Crippen LogP contribution in [0.1, 0.15) is 76.2 Å². The highest BCUT2D eigenvalue weighted by molar-refractivity contribution is 7.15. The Balaban J connectivity index is 1.42. The van der Waals surface area contributed by atoms with E-state index >= 15 is 0 Å². The minimum Gasteiger partial charge on any atom is -0.384 e. The number of hydrogen-bond acceptors (Lipinski definition) is 7. The van der Waals surface area contributed by atoms with E-state index in [1.165, 1.54) is 24.3 Å². The van der Waals surface area contributed by atoms with Gasteiger partial charge < -0.3 is 14.9 Å². The van der Waals surface area contributed by atoms with E-state index in [1.54, 1.807) is 0 Å². The number of thiazole rings is 2. The van der Waals surface area contributed by atoms with Crippen LogP contribution in [0.5, 0.6) is 0 Å². The van der Waals surface area contributed by atoms with Crippen LogP contribution in [-0.2, 0) is 36.5 Å². The first-order chi connectivity index (χ1) is 23.3. The first kappa shape index (κ1) is 36.7. The van der Waals surface area contributed by atoms with Crippen molar-refractivity contribution in [3.8, 4) is 21.1 Å². The fraction of sp³-hybridized carbons (Fsp3) is 0.333. The van der Waals surface area contributed by atoms with Crippen LogP contribution >= 0.6 is 22.7 Å². The summed E-state index contributed by atoms with van der Waals surface area (Å²) in [7, 11) is 0. The molecule has 2 aromatic heterocycles. The van der Waals surface area contributed by atoms with Gasteiger partial charge in [0.2, 0.25) is 0 Å². The molecule has 0 aliphatic rings. The molecule has 0 radical (unpaired) electrons. The molecule has 0 amide bonds. The molecule has 0 saturated heterocycles. The number of nitrogens with zero attached hydrogens (tertiary/aromatic N) is 2. The Kier molecular flexibility index (Phi) is 11.9. The lowest BCUT2D eigenvalue weighted by molar-refractivity contribution is -0.138. The third kappa shape index (κ3) is 9.34. The normalized spacial score (nSPS) is 13.5. The van der Waals surface area contributed by atoms with E-state index < -0.39 is 35.7 Å². The van der Waals surface area contributed by atoms with Crippen molar-refractivity contribution < 1.29 is 41.3 Å². The maximum absolute atomic E-state index is 13.2. The third-order valence-electron chi connectivity index (χ3n) is 7.79. The lowest BCUT2D eigenvalue weighted by Crippen LogP contribution is -2.12. The van der Waals surface area contributed by atoms with Crippen LogP contribution in [-0.4, -0.2) is 26.8 Å². The molecule has 0 saturated carbocycles. The smallest absolute Gasteiger partial charge is 0.384 e. The van der Waals surface area contributed by atoms with Gasteiger partial charge in [-0.2, -0.15) is 26.3 Å². The quantitative estimate of drug-likeness (QED) is 0.0883. The van der Waals surface area contributed by atoms with Gasteiger partial charge in [0.25, 0.3) is 0 Å². The van der Waals surface area contributed by atoms with Gasteiger partial charge in [0, 0.05) is 17.7 Å². The monoisotopic (exact) mass is 720 g/mol. The fourth-order valence-corrected chi connectivity index (χ4v) is 7.40. The standard InChI is InChI=1S/C36H34F6N2O3S2/c1-2-3-10-27-31(48-33(43-27)23-12-16-25(17-13-23)35(37,38)39)29(45)30(46)32-28(11-7-20-47-21-22-8-5-4-6-9-22)44-34(49-32)24-14-18-26(19-15-24)36(40,41)42/h4-6,8-9,12-19,29-30,45-46H,2-3,7,10-11,20-21H2,1H3. The summed E-state index contributed by atoms with van der Waals surface area (Å²) in [6, 6.07) is 18.8. The summed E-state index contributed by atoms with van der Waals surface area (Å²) in [5, 5.41) is 24.0. The fourth-order valence-electron chi connectivity index (χ4n) is 5.13. The molecule has 5 nitrogen and oxygen atoms in total. The van der Waals surface area contributed by atoms with E-state index in [1.807, 2.05) is 37.3 Å². The van der Waals surface area contributed by atoms with Crippen LogP contribution < -0.4 is 0 Å². The average Bonchev–Trinajstić information content (AvgIpc) is 3.71. The van der Waals surface area contributed by atoms with E-state index in [2.05, 4.69) is 9.97 Å². The molecule has 49 heavy (non-hydrogen) atoms. The number of benzene rings is 3. The Morgan fingerprint density at radius 1 is 0.653 bits per heavy atom.